The number of alkyl halides is 1. The predicted molar refractivity (Wildman–Crippen MR) is 55.1 cm³/mol. The molecule has 4 heteroatoms. The van der Waals surface area contributed by atoms with Gasteiger partial charge in [-0.05, 0) is 24.1 Å². The molecule has 2 nitrogen and oxygen atoms in total. The van der Waals surface area contributed by atoms with Crippen molar-refractivity contribution in [2.75, 3.05) is 7.11 Å². The fraction of sp³-hybridized carbons (Fsp3) is 0.300. The number of benzene rings is 1. The van der Waals surface area contributed by atoms with E-state index < -0.39 is 11.8 Å². The third-order valence-corrected chi connectivity index (χ3v) is 2.52. The summed E-state index contributed by atoms with van der Waals surface area (Å²) in [6.45, 7) is 1.62. The molecule has 0 N–H and O–H groups in total. The van der Waals surface area contributed by atoms with Gasteiger partial charge in [-0.2, -0.15) is 0 Å². The van der Waals surface area contributed by atoms with Gasteiger partial charge < -0.3 is 4.74 Å². The predicted octanol–water partition coefficient (Wildman–Crippen LogP) is 2.82. The smallest absolute Gasteiger partial charge is 0.340 e. The van der Waals surface area contributed by atoms with Crippen LogP contribution in [0.15, 0.2) is 12.1 Å². The van der Waals surface area contributed by atoms with E-state index in [-0.39, 0.29) is 5.56 Å². The quantitative estimate of drug-likeness (QED) is 0.604. The lowest BCUT2D eigenvalue weighted by Crippen LogP contribution is -2.06. The number of halogens is 2. The van der Waals surface area contributed by atoms with Crippen molar-refractivity contribution in [3.63, 3.8) is 0 Å². The lowest BCUT2D eigenvalue weighted by atomic mass is 10.1. The van der Waals surface area contributed by atoms with Gasteiger partial charge in [-0.15, -0.1) is 0 Å². The van der Waals surface area contributed by atoms with Gasteiger partial charge in [-0.25, -0.2) is 9.18 Å². The van der Waals surface area contributed by atoms with Gasteiger partial charge in [0.2, 0.25) is 0 Å². The molecule has 0 heterocycles. The maximum Gasteiger partial charge on any atom is 0.340 e. The Labute approximate surface area is 90.2 Å². The number of aryl methyl sites for hydroxylation is 1. The number of esters is 1. The van der Waals surface area contributed by atoms with Crippen molar-refractivity contribution in [2.24, 2.45) is 0 Å². The van der Waals surface area contributed by atoms with Gasteiger partial charge >= 0.3 is 5.97 Å². The van der Waals surface area contributed by atoms with Crippen LogP contribution in [0.25, 0.3) is 0 Å². The Balaban J connectivity index is 3.27. The van der Waals surface area contributed by atoms with Crippen LogP contribution in [0, 0.1) is 12.7 Å². The number of carbonyl (C=O) groups is 1. The molecule has 0 aliphatic rings. The summed E-state index contributed by atoms with van der Waals surface area (Å²) in [6.07, 6.45) is 0. The van der Waals surface area contributed by atoms with E-state index in [1.165, 1.54) is 13.2 Å². The van der Waals surface area contributed by atoms with Crippen LogP contribution in [0.4, 0.5) is 4.39 Å². The summed E-state index contributed by atoms with van der Waals surface area (Å²) in [6, 6.07) is 3.18. The number of hydrogen-bond donors (Lipinski definition) is 0. The fourth-order valence-electron chi connectivity index (χ4n) is 1.18. The molecule has 0 bridgehead atoms. The number of rotatable bonds is 2. The fourth-order valence-corrected chi connectivity index (χ4v) is 1.50. The van der Waals surface area contributed by atoms with Crippen molar-refractivity contribution < 1.29 is 13.9 Å². The SMILES string of the molecule is COC(=O)c1cc(CBr)cc(C)c1F. The molecule has 0 radical (unpaired) electrons. The Hall–Kier alpha value is -0.900. The van der Waals surface area contributed by atoms with Crippen LogP contribution < -0.4 is 0 Å². The number of carbonyl (C=O) groups excluding carboxylic acids is 1. The summed E-state index contributed by atoms with van der Waals surface area (Å²) in [5.74, 6) is -1.16. The summed E-state index contributed by atoms with van der Waals surface area (Å²) in [5, 5.41) is 0.581. The molecule has 0 atom stereocenters. The van der Waals surface area contributed by atoms with Crippen molar-refractivity contribution in [2.45, 2.75) is 12.3 Å². The van der Waals surface area contributed by atoms with Gasteiger partial charge in [-0.1, -0.05) is 22.0 Å². The minimum Gasteiger partial charge on any atom is -0.465 e. The highest BCUT2D eigenvalue weighted by molar-refractivity contribution is 9.08. The van der Waals surface area contributed by atoms with Gasteiger partial charge in [0.15, 0.2) is 0 Å². The number of ether oxygens (including phenoxy) is 1. The molecule has 0 amide bonds. The zero-order valence-corrected chi connectivity index (χ0v) is 9.52. The normalized spacial score (nSPS) is 10.0. The molecular weight excluding hydrogens is 251 g/mol. The summed E-state index contributed by atoms with van der Waals surface area (Å²) >= 11 is 3.25. The molecule has 0 spiro atoms. The second-order valence-corrected chi connectivity index (χ2v) is 3.46. The molecule has 1 aromatic rings. The summed E-state index contributed by atoms with van der Waals surface area (Å²) < 4.78 is 17.9. The van der Waals surface area contributed by atoms with Crippen LogP contribution in [0.2, 0.25) is 0 Å². The standard InChI is InChI=1S/C10H10BrFO2/c1-6-3-7(5-11)4-8(9(6)12)10(13)14-2/h3-4H,5H2,1-2H3. The summed E-state index contributed by atoms with van der Waals surface area (Å²) in [4.78, 5) is 11.2. The molecule has 0 aromatic heterocycles. The van der Waals surface area contributed by atoms with Crippen LogP contribution in [-0.4, -0.2) is 13.1 Å². The molecule has 0 aliphatic heterocycles. The van der Waals surface area contributed by atoms with Crippen molar-refractivity contribution >= 4 is 21.9 Å². The van der Waals surface area contributed by atoms with Gasteiger partial charge in [0.05, 0.1) is 12.7 Å². The van der Waals surface area contributed by atoms with E-state index in [0.29, 0.717) is 10.9 Å². The molecule has 14 heavy (non-hydrogen) atoms. The zero-order valence-electron chi connectivity index (χ0n) is 7.93. The van der Waals surface area contributed by atoms with Gasteiger partial charge in [-0.3, -0.25) is 0 Å². The summed E-state index contributed by atoms with van der Waals surface area (Å²) in [7, 11) is 1.23. The molecular formula is C10H10BrFO2. The molecule has 0 saturated carbocycles. The van der Waals surface area contributed by atoms with Crippen LogP contribution >= 0.6 is 15.9 Å². The maximum absolute atomic E-state index is 13.4. The zero-order chi connectivity index (χ0) is 10.7. The van der Waals surface area contributed by atoms with Crippen molar-refractivity contribution in [1.82, 2.24) is 0 Å². The minimum atomic E-state index is -0.645. The molecule has 0 aliphatic carbocycles. The highest BCUT2D eigenvalue weighted by Gasteiger charge is 2.14. The lowest BCUT2D eigenvalue weighted by Gasteiger charge is -2.06. The molecule has 0 fully saturated rings. The second-order valence-electron chi connectivity index (χ2n) is 2.90. The van der Waals surface area contributed by atoms with Crippen molar-refractivity contribution in [3.05, 3.63) is 34.6 Å². The highest BCUT2D eigenvalue weighted by atomic mass is 79.9. The molecule has 1 rings (SSSR count). The van der Waals surface area contributed by atoms with Gasteiger partial charge in [0.25, 0.3) is 0 Å². The average molecular weight is 261 g/mol. The Bertz CT molecular complexity index is 363. The topological polar surface area (TPSA) is 26.3 Å². The van der Waals surface area contributed by atoms with E-state index in [2.05, 4.69) is 20.7 Å². The first-order valence-corrected chi connectivity index (χ1v) is 5.15. The largest absolute Gasteiger partial charge is 0.465 e. The monoisotopic (exact) mass is 260 g/mol. The molecule has 0 saturated heterocycles. The Morgan fingerprint density at radius 1 is 1.57 bits per heavy atom. The first-order chi connectivity index (χ1) is 6.60. The third-order valence-electron chi connectivity index (χ3n) is 1.87. The minimum absolute atomic E-state index is 0.0121. The van der Waals surface area contributed by atoms with Crippen LogP contribution in [0.5, 0.6) is 0 Å². The van der Waals surface area contributed by atoms with Crippen LogP contribution in [0.1, 0.15) is 21.5 Å². The Kier molecular flexibility index (Phi) is 3.63. The van der Waals surface area contributed by atoms with E-state index in [1.54, 1.807) is 13.0 Å². The summed E-state index contributed by atoms with van der Waals surface area (Å²) in [5.41, 5.74) is 1.29. The number of hydrogen-bond acceptors (Lipinski definition) is 2. The van der Waals surface area contributed by atoms with E-state index in [4.69, 9.17) is 0 Å². The van der Waals surface area contributed by atoms with E-state index in [9.17, 15) is 9.18 Å². The van der Waals surface area contributed by atoms with Crippen molar-refractivity contribution in [3.8, 4) is 0 Å². The van der Waals surface area contributed by atoms with E-state index >= 15 is 0 Å². The van der Waals surface area contributed by atoms with E-state index in [1.807, 2.05) is 0 Å². The lowest BCUT2D eigenvalue weighted by molar-refractivity contribution is 0.0595. The average Bonchev–Trinajstić information content (AvgIpc) is 2.20. The van der Waals surface area contributed by atoms with Gasteiger partial charge in [0.1, 0.15) is 5.82 Å². The highest BCUT2D eigenvalue weighted by Crippen LogP contribution is 2.18. The third kappa shape index (κ3) is 2.12. The number of methoxy groups -OCH3 is 1. The second kappa shape index (κ2) is 4.55. The first kappa shape index (κ1) is 11.2. The Morgan fingerprint density at radius 2 is 2.21 bits per heavy atom. The van der Waals surface area contributed by atoms with E-state index in [0.717, 1.165) is 5.56 Å². The maximum atomic E-state index is 13.4. The van der Waals surface area contributed by atoms with Crippen LogP contribution in [-0.2, 0) is 10.1 Å². The molecule has 0 unspecified atom stereocenters. The molecule has 76 valence electrons. The van der Waals surface area contributed by atoms with Gasteiger partial charge in [0, 0.05) is 5.33 Å². The first-order valence-electron chi connectivity index (χ1n) is 4.03. The van der Waals surface area contributed by atoms with Crippen LogP contribution in [0.3, 0.4) is 0 Å². The van der Waals surface area contributed by atoms with Crippen molar-refractivity contribution in [1.29, 1.82) is 0 Å². The Morgan fingerprint density at radius 3 is 2.71 bits per heavy atom. The molecule has 1 aromatic carbocycles.